The summed E-state index contributed by atoms with van der Waals surface area (Å²) in [6, 6.07) is 7.33. The van der Waals surface area contributed by atoms with E-state index in [2.05, 4.69) is 38.8 Å². The molecule has 1 saturated heterocycles. The number of nitrogens with zero attached hydrogens (tertiary/aromatic N) is 3. The smallest absolute Gasteiger partial charge is 0.231 e. The van der Waals surface area contributed by atoms with Crippen molar-refractivity contribution in [2.75, 3.05) is 24.8 Å². The normalized spacial score (nSPS) is 18.5. The minimum absolute atomic E-state index is 0.333. The molecule has 6 nitrogen and oxygen atoms in total. The highest BCUT2D eigenvalue weighted by Gasteiger charge is 2.23. The zero-order valence-electron chi connectivity index (χ0n) is 14.7. The second-order valence-electron chi connectivity index (χ2n) is 6.83. The van der Waals surface area contributed by atoms with Gasteiger partial charge in [0.15, 0.2) is 11.5 Å². The average Bonchev–Trinajstić information content (AvgIpc) is 3.32. The molecule has 2 aliphatic heterocycles. The number of benzene rings is 1. The van der Waals surface area contributed by atoms with Crippen molar-refractivity contribution in [2.45, 2.75) is 44.8 Å². The van der Waals surface area contributed by atoms with Crippen molar-refractivity contribution in [3.05, 3.63) is 36.9 Å². The summed E-state index contributed by atoms with van der Waals surface area (Å²) >= 11 is 0. The molecule has 25 heavy (non-hydrogen) atoms. The van der Waals surface area contributed by atoms with Gasteiger partial charge in [0.2, 0.25) is 6.79 Å². The van der Waals surface area contributed by atoms with Gasteiger partial charge in [-0.3, -0.25) is 0 Å². The predicted molar refractivity (Wildman–Crippen MR) is 97.2 cm³/mol. The van der Waals surface area contributed by atoms with E-state index in [1.807, 2.05) is 24.8 Å². The van der Waals surface area contributed by atoms with Gasteiger partial charge in [-0.05, 0) is 31.4 Å². The predicted octanol–water partition coefficient (Wildman–Crippen LogP) is 2.65. The number of hydrogen-bond acceptors (Lipinski definition) is 5. The van der Waals surface area contributed by atoms with Gasteiger partial charge in [0.05, 0.1) is 6.33 Å². The number of nitrogens with one attached hydrogen (secondary N) is 1. The van der Waals surface area contributed by atoms with Crippen molar-refractivity contribution in [2.24, 2.45) is 0 Å². The van der Waals surface area contributed by atoms with E-state index in [-0.39, 0.29) is 0 Å². The van der Waals surface area contributed by atoms with E-state index < -0.39 is 0 Å². The molecule has 3 heterocycles. The maximum atomic E-state index is 5.50. The van der Waals surface area contributed by atoms with Gasteiger partial charge >= 0.3 is 0 Å². The molecule has 0 spiro atoms. The zero-order chi connectivity index (χ0) is 17.1. The molecule has 6 heteroatoms. The van der Waals surface area contributed by atoms with Crippen LogP contribution in [-0.2, 0) is 6.54 Å². The highest BCUT2D eigenvalue weighted by Crippen LogP contribution is 2.36. The van der Waals surface area contributed by atoms with E-state index in [0.717, 1.165) is 50.4 Å². The van der Waals surface area contributed by atoms with Crippen LogP contribution in [0.1, 0.15) is 26.2 Å². The van der Waals surface area contributed by atoms with Gasteiger partial charge in [0.1, 0.15) is 0 Å². The van der Waals surface area contributed by atoms with Gasteiger partial charge in [-0.15, -0.1) is 0 Å². The molecule has 1 aromatic heterocycles. The summed E-state index contributed by atoms with van der Waals surface area (Å²) in [6.07, 6.45) is 9.22. The molecule has 0 bridgehead atoms. The Balaban J connectivity index is 1.30. The van der Waals surface area contributed by atoms with Crippen LogP contribution >= 0.6 is 0 Å². The number of aromatic nitrogens is 2. The van der Waals surface area contributed by atoms with Crippen molar-refractivity contribution in [3.8, 4) is 11.5 Å². The van der Waals surface area contributed by atoms with Crippen molar-refractivity contribution in [3.63, 3.8) is 0 Å². The van der Waals surface area contributed by atoms with Gasteiger partial charge in [-0.2, -0.15) is 0 Å². The van der Waals surface area contributed by atoms with Gasteiger partial charge in [0, 0.05) is 55.9 Å². The van der Waals surface area contributed by atoms with Crippen LogP contribution in [-0.4, -0.2) is 41.5 Å². The van der Waals surface area contributed by atoms with E-state index in [4.69, 9.17) is 9.47 Å². The van der Waals surface area contributed by atoms with Crippen molar-refractivity contribution in [1.29, 1.82) is 0 Å². The topological polar surface area (TPSA) is 51.6 Å². The van der Waals surface area contributed by atoms with Gasteiger partial charge < -0.3 is 24.3 Å². The van der Waals surface area contributed by atoms with Crippen LogP contribution in [0.3, 0.4) is 0 Å². The fourth-order valence-electron chi connectivity index (χ4n) is 3.67. The Morgan fingerprint density at radius 3 is 2.84 bits per heavy atom. The fourth-order valence-corrected chi connectivity index (χ4v) is 3.67. The molecule has 1 N–H and O–H groups in total. The van der Waals surface area contributed by atoms with Crippen LogP contribution < -0.4 is 19.7 Å². The van der Waals surface area contributed by atoms with E-state index in [1.54, 1.807) is 0 Å². The first-order valence-electron chi connectivity index (χ1n) is 9.18. The van der Waals surface area contributed by atoms with Crippen molar-refractivity contribution >= 4 is 5.69 Å². The Kier molecular flexibility index (Phi) is 4.78. The van der Waals surface area contributed by atoms with Gasteiger partial charge in [-0.25, -0.2) is 4.98 Å². The maximum absolute atomic E-state index is 5.50. The Morgan fingerprint density at radius 1 is 1.24 bits per heavy atom. The Hall–Kier alpha value is -2.21. The monoisotopic (exact) mass is 342 g/mol. The third-order valence-corrected chi connectivity index (χ3v) is 5.17. The number of rotatable bonds is 6. The molecular formula is C19H26N4O2. The molecule has 0 unspecified atom stereocenters. The lowest BCUT2D eigenvalue weighted by Crippen LogP contribution is -2.47. The first-order chi connectivity index (χ1) is 12.3. The molecule has 0 aliphatic carbocycles. The van der Waals surface area contributed by atoms with Crippen molar-refractivity contribution in [1.82, 2.24) is 14.9 Å². The largest absolute Gasteiger partial charge is 0.454 e. The number of piperidine rings is 1. The summed E-state index contributed by atoms with van der Waals surface area (Å²) in [5.74, 6) is 1.72. The number of anilines is 1. The second-order valence-corrected chi connectivity index (χ2v) is 6.83. The van der Waals surface area contributed by atoms with E-state index in [9.17, 15) is 0 Å². The summed E-state index contributed by atoms with van der Waals surface area (Å²) in [6.45, 7) is 5.70. The molecule has 4 rings (SSSR count). The SMILES string of the molecule is CC[C@@H](Cn1ccnc1)NC1CCN(c2ccc3c(c2)OCO3)CC1. The lowest BCUT2D eigenvalue weighted by Gasteiger charge is -2.36. The number of imidazole rings is 1. The molecule has 1 fully saturated rings. The maximum Gasteiger partial charge on any atom is 0.231 e. The highest BCUT2D eigenvalue weighted by atomic mass is 16.7. The molecule has 2 aliphatic rings. The summed E-state index contributed by atoms with van der Waals surface area (Å²) < 4.78 is 13.1. The van der Waals surface area contributed by atoms with E-state index in [1.165, 1.54) is 5.69 Å². The standard InChI is InChI=1S/C19H26N4O2/c1-2-15(12-22-10-7-20-13-22)21-16-5-8-23(9-6-16)17-3-4-18-19(11-17)25-14-24-18/h3-4,7,10-11,13,15-16,21H,2,5-6,8-9,12,14H2,1H3/t15-/m0/s1. The minimum atomic E-state index is 0.333. The number of fused-ring (bicyclic) bond motifs is 1. The van der Waals surface area contributed by atoms with Crippen molar-refractivity contribution < 1.29 is 9.47 Å². The van der Waals surface area contributed by atoms with Crippen LogP contribution in [0.25, 0.3) is 0 Å². The summed E-state index contributed by atoms with van der Waals surface area (Å²) in [5.41, 5.74) is 1.23. The first kappa shape index (κ1) is 16.3. The van der Waals surface area contributed by atoms with E-state index >= 15 is 0 Å². The molecule has 1 atom stereocenters. The lowest BCUT2D eigenvalue weighted by molar-refractivity contribution is 0.174. The second kappa shape index (κ2) is 7.35. The molecule has 0 radical (unpaired) electrons. The first-order valence-corrected chi connectivity index (χ1v) is 9.18. The Labute approximate surface area is 148 Å². The van der Waals surface area contributed by atoms with E-state index in [0.29, 0.717) is 18.9 Å². The molecule has 2 aromatic rings. The van der Waals surface area contributed by atoms with Gasteiger partial charge in [0.25, 0.3) is 0 Å². The quantitative estimate of drug-likeness (QED) is 0.875. The average molecular weight is 342 g/mol. The summed E-state index contributed by atoms with van der Waals surface area (Å²) in [7, 11) is 0. The minimum Gasteiger partial charge on any atom is -0.454 e. The third kappa shape index (κ3) is 3.74. The zero-order valence-corrected chi connectivity index (χ0v) is 14.7. The Morgan fingerprint density at radius 2 is 2.08 bits per heavy atom. The molecule has 134 valence electrons. The van der Waals surface area contributed by atoms with Gasteiger partial charge in [-0.1, -0.05) is 6.92 Å². The summed E-state index contributed by atoms with van der Waals surface area (Å²) in [4.78, 5) is 6.58. The van der Waals surface area contributed by atoms with Crippen LogP contribution in [0.15, 0.2) is 36.9 Å². The third-order valence-electron chi connectivity index (χ3n) is 5.17. The Bertz CT molecular complexity index is 681. The van der Waals surface area contributed by atoms with Crippen LogP contribution in [0.2, 0.25) is 0 Å². The molecule has 0 amide bonds. The molecule has 1 aromatic carbocycles. The van der Waals surface area contributed by atoms with Crippen LogP contribution in [0.4, 0.5) is 5.69 Å². The van der Waals surface area contributed by atoms with Crippen LogP contribution in [0.5, 0.6) is 11.5 Å². The van der Waals surface area contributed by atoms with Crippen LogP contribution in [0, 0.1) is 0 Å². The molecular weight excluding hydrogens is 316 g/mol. The number of hydrogen-bond donors (Lipinski definition) is 1. The fraction of sp³-hybridized carbons (Fsp3) is 0.526. The number of ether oxygens (including phenoxy) is 2. The summed E-state index contributed by atoms with van der Waals surface area (Å²) in [5, 5.41) is 3.84. The highest BCUT2D eigenvalue weighted by molar-refractivity contribution is 5.57. The molecule has 0 saturated carbocycles. The lowest BCUT2D eigenvalue weighted by atomic mass is 10.0.